The highest BCUT2D eigenvalue weighted by Gasteiger charge is 2.34. The van der Waals surface area contributed by atoms with E-state index < -0.39 is 6.04 Å². The van der Waals surface area contributed by atoms with Crippen LogP contribution in [0.3, 0.4) is 0 Å². The Morgan fingerprint density at radius 2 is 1.66 bits per heavy atom. The highest BCUT2D eigenvalue weighted by molar-refractivity contribution is 6.29. The monoisotopic (exact) mass is 601 g/mol. The minimum atomic E-state index is -0.714. The number of pyridine rings is 1. The Kier molecular flexibility index (Phi) is 8.94. The van der Waals surface area contributed by atoms with Crippen LogP contribution in [0, 0.1) is 0 Å². The SMILES string of the molecule is O=C([C@H](Cc1ccccc1)N(Cc1ccc(-n2cccn2)cc1)C(=O)/C=C/c1ccc(Cl)nc1)N1CCc2ccccc2C1. The van der Waals surface area contributed by atoms with E-state index in [9.17, 15) is 9.59 Å². The van der Waals surface area contributed by atoms with Gasteiger partial charge in [0, 0.05) is 50.7 Å². The quantitative estimate of drug-likeness (QED) is 0.150. The topological polar surface area (TPSA) is 71.3 Å². The first kappa shape index (κ1) is 29.1. The van der Waals surface area contributed by atoms with E-state index in [1.54, 1.807) is 40.2 Å². The van der Waals surface area contributed by atoms with Crippen LogP contribution in [0.15, 0.2) is 122 Å². The van der Waals surface area contributed by atoms with Gasteiger partial charge in [0.2, 0.25) is 11.8 Å². The first-order chi connectivity index (χ1) is 21.5. The molecule has 0 aliphatic carbocycles. The fourth-order valence-electron chi connectivity index (χ4n) is 5.53. The Morgan fingerprint density at radius 1 is 0.886 bits per heavy atom. The Morgan fingerprint density at radius 3 is 2.39 bits per heavy atom. The van der Waals surface area contributed by atoms with Crippen molar-refractivity contribution in [2.75, 3.05) is 6.54 Å². The van der Waals surface area contributed by atoms with Crippen LogP contribution in [-0.2, 0) is 35.5 Å². The van der Waals surface area contributed by atoms with E-state index in [1.807, 2.05) is 83.9 Å². The number of hydrogen-bond acceptors (Lipinski definition) is 4. The number of hydrogen-bond donors (Lipinski definition) is 0. The molecule has 0 bridgehead atoms. The zero-order chi connectivity index (χ0) is 30.3. The molecule has 0 spiro atoms. The first-order valence-corrected chi connectivity index (χ1v) is 15.0. The zero-order valence-corrected chi connectivity index (χ0v) is 24.9. The maximum Gasteiger partial charge on any atom is 0.247 e. The van der Waals surface area contributed by atoms with Gasteiger partial charge in [0.05, 0.1) is 5.69 Å². The average molecular weight is 602 g/mol. The molecule has 0 saturated carbocycles. The third kappa shape index (κ3) is 6.96. The fraction of sp³-hybridized carbons (Fsp3) is 0.167. The molecule has 1 aliphatic rings. The van der Waals surface area contributed by atoms with Gasteiger partial charge in [-0.1, -0.05) is 84.4 Å². The Labute approximate surface area is 262 Å². The van der Waals surface area contributed by atoms with Crippen LogP contribution in [-0.4, -0.2) is 49.0 Å². The van der Waals surface area contributed by atoms with Crippen LogP contribution >= 0.6 is 11.6 Å². The number of nitrogens with zero attached hydrogens (tertiary/aromatic N) is 5. The molecule has 1 atom stereocenters. The van der Waals surface area contributed by atoms with Crippen molar-refractivity contribution in [3.05, 3.63) is 155 Å². The summed E-state index contributed by atoms with van der Waals surface area (Å²) >= 11 is 5.96. The number of halogens is 1. The number of fused-ring (bicyclic) bond motifs is 1. The predicted octanol–water partition coefficient (Wildman–Crippen LogP) is 6.16. The van der Waals surface area contributed by atoms with Crippen LogP contribution in [0.5, 0.6) is 0 Å². The summed E-state index contributed by atoms with van der Waals surface area (Å²) in [4.78, 5) is 36.2. The van der Waals surface area contributed by atoms with Crippen LogP contribution in [0.4, 0.5) is 0 Å². The van der Waals surface area contributed by atoms with E-state index in [-0.39, 0.29) is 18.4 Å². The predicted molar refractivity (Wildman–Crippen MR) is 172 cm³/mol. The van der Waals surface area contributed by atoms with E-state index in [4.69, 9.17) is 11.6 Å². The summed E-state index contributed by atoms with van der Waals surface area (Å²) in [6, 6.07) is 30.7. The molecule has 0 radical (unpaired) electrons. The molecule has 0 fully saturated rings. The molecule has 0 N–H and O–H groups in total. The number of carbonyl (C=O) groups is 2. The van der Waals surface area contributed by atoms with Crippen LogP contribution < -0.4 is 0 Å². The maximum atomic E-state index is 14.4. The first-order valence-electron chi connectivity index (χ1n) is 14.6. The summed E-state index contributed by atoms with van der Waals surface area (Å²) in [6.07, 6.45) is 9.63. The van der Waals surface area contributed by atoms with Gasteiger partial charge in [0.15, 0.2) is 0 Å². The molecule has 8 heteroatoms. The summed E-state index contributed by atoms with van der Waals surface area (Å²) < 4.78 is 1.78. The lowest BCUT2D eigenvalue weighted by Crippen LogP contribution is -2.52. The minimum absolute atomic E-state index is 0.0635. The molecule has 0 saturated heterocycles. The summed E-state index contributed by atoms with van der Waals surface area (Å²) in [6.45, 7) is 1.39. The van der Waals surface area contributed by atoms with Crippen molar-refractivity contribution in [1.82, 2.24) is 24.6 Å². The smallest absolute Gasteiger partial charge is 0.247 e. The highest BCUT2D eigenvalue weighted by atomic mass is 35.5. The largest absolute Gasteiger partial charge is 0.336 e. The Hall–Kier alpha value is -5.01. The lowest BCUT2D eigenvalue weighted by atomic mass is 9.97. The van der Waals surface area contributed by atoms with Crippen molar-refractivity contribution < 1.29 is 9.59 Å². The van der Waals surface area contributed by atoms with Crippen LogP contribution in [0.1, 0.15) is 27.8 Å². The van der Waals surface area contributed by atoms with Gasteiger partial charge < -0.3 is 9.80 Å². The van der Waals surface area contributed by atoms with Gasteiger partial charge in [-0.15, -0.1) is 0 Å². The lowest BCUT2D eigenvalue weighted by molar-refractivity contribution is -0.144. The Bertz CT molecular complexity index is 1740. The van der Waals surface area contributed by atoms with Crippen molar-refractivity contribution in [1.29, 1.82) is 0 Å². The van der Waals surface area contributed by atoms with Gasteiger partial charge in [-0.05, 0) is 64.6 Å². The van der Waals surface area contributed by atoms with Crippen molar-refractivity contribution in [3.8, 4) is 5.69 Å². The van der Waals surface area contributed by atoms with Gasteiger partial charge in [-0.2, -0.15) is 5.10 Å². The van der Waals surface area contributed by atoms with E-state index in [0.717, 1.165) is 34.4 Å². The van der Waals surface area contributed by atoms with Crippen molar-refractivity contribution in [3.63, 3.8) is 0 Å². The van der Waals surface area contributed by atoms with E-state index in [2.05, 4.69) is 22.2 Å². The van der Waals surface area contributed by atoms with E-state index in [0.29, 0.717) is 24.7 Å². The van der Waals surface area contributed by atoms with Gasteiger partial charge in [-0.3, -0.25) is 9.59 Å². The van der Waals surface area contributed by atoms with Crippen molar-refractivity contribution in [2.45, 2.75) is 32.0 Å². The number of benzene rings is 3. The third-order valence-electron chi connectivity index (χ3n) is 7.89. The number of carbonyl (C=O) groups excluding carboxylic acids is 2. The van der Waals surface area contributed by atoms with Crippen LogP contribution in [0.2, 0.25) is 5.15 Å². The second-order valence-electron chi connectivity index (χ2n) is 10.8. The van der Waals surface area contributed by atoms with Gasteiger partial charge >= 0.3 is 0 Å². The van der Waals surface area contributed by atoms with Crippen molar-refractivity contribution >= 4 is 29.5 Å². The molecule has 44 heavy (non-hydrogen) atoms. The maximum absolute atomic E-state index is 14.4. The second kappa shape index (κ2) is 13.5. The molecule has 0 unspecified atom stereocenters. The molecule has 7 nitrogen and oxygen atoms in total. The normalized spacial score (nSPS) is 13.4. The van der Waals surface area contributed by atoms with Crippen molar-refractivity contribution in [2.24, 2.45) is 0 Å². The van der Waals surface area contributed by atoms with Crippen LogP contribution in [0.25, 0.3) is 11.8 Å². The average Bonchev–Trinajstić information content (AvgIpc) is 3.61. The van der Waals surface area contributed by atoms with Gasteiger partial charge in [-0.25, -0.2) is 9.67 Å². The van der Waals surface area contributed by atoms with Gasteiger partial charge in [0.1, 0.15) is 11.2 Å². The summed E-state index contributed by atoms with van der Waals surface area (Å²) in [5.74, 6) is -0.325. The van der Waals surface area contributed by atoms with Gasteiger partial charge in [0.25, 0.3) is 0 Å². The molecule has 2 aromatic heterocycles. The summed E-state index contributed by atoms with van der Waals surface area (Å²) in [7, 11) is 0. The molecule has 220 valence electrons. The molecular weight excluding hydrogens is 570 g/mol. The zero-order valence-electron chi connectivity index (χ0n) is 24.2. The van der Waals surface area contributed by atoms with E-state index in [1.165, 1.54) is 11.6 Å². The molecule has 5 aromatic rings. The van der Waals surface area contributed by atoms with E-state index >= 15 is 0 Å². The molecule has 3 aromatic carbocycles. The molecule has 2 amide bonds. The minimum Gasteiger partial charge on any atom is -0.336 e. The Balaban J connectivity index is 1.34. The molecule has 3 heterocycles. The number of rotatable bonds is 9. The molecule has 1 aliphatic heterocycles. The summed E-state index contributed by atoms with van der Waals surface area (Å²) in [5, 5.41) is 4.69. The highest BCUT2D eigenvalue weighted by Crippen LogP contribution is 2.23. The number of aromatic nitrogens is 3. The fourth-order valence-corrected chi connectivity index (χ4v) is 5.64. The lowest BCUT2D eigenvalue weighted by Gasteiger charge is -2.37. The number of amides is 2. The molecular formula is C36H32ClN5O2. The standard InChI is InChI=1S/C36H32ClN5O2/c37-34-17-13-28(24-38-34)14-18-35(43)41(25-29-11-15-32(16-12-29)42-21-6-20-39-42)33(23-27-7-2-1-3-8-27)36(44)40-22-19-30-9-4-5-10-31(30)26-40/h1-18,20-21,24,33H,19,22-23,25-26H2/b18-14+/t33-/m0/s1. The second-order valence-corrected chi connectivity index (χ2v) is 11.2. The third-order valence-corrected chi connectivity index (χ3v) is 8.11. The molecule has 6 rings (SSSR count). The summed E-state index contributed by atoms with van der Waals surface area (Å²) in [5.41, 5.74) is 5.96.